The van der Waals surface area contributed by atoms with Crippen LogP contribution in [0, 0.1) is 17.2 Å². The van der Waals surface area contributed by atoms with Gasteiger partial charge in [0.05, 0.1) is 5.56 Å². The van der Waals surface area contributed by atoms with Gasteiger partial charge in [0.15, 0.2) is 0 Å². The molecule has 0 spiro atoms. The summed E-state index contributed by atoms with van der Waals surface area (Å²) in [4.78, 5) is 1.37. The second kappa shape index (κ2) is 4.86. The molecule has 16 heavy (non-hydrogen) atoms. The lowest BCUT2D eigenvalue weighted by Gasteiger charge is -2.21. The first-order valence-corrected chi connectivity index (χ1v) is 6.33. The van der Waals surface area contributed by atoms with E-state index in [0.717, 1.165) is 36.4 Å². The van der Waals surface area contributed by atoms with Gasteiger partial charge in [0, 0.05) is 25.6 Å². The van der Waals surface area contributed by atoms with Crippen LogP contribution in [0.25, 0.3) is 0 Å². The van der Waals surface area contributed by atoms with Crippen molar-refractivity contribution in [2.75, 3.05) is 26.1 Å². The highest BCUT2D eigenvalue weighted by Gasteiger charge is 2.25. The van der Waals surface area contributed by atoms with Crippen molar-refractivity contribution in [3.05, 3.63) is 16.0 Å². The zero-order valence-corrected chi connectivity index (χ0v) is 10.5. The molecular weight excluding hydrogens is 220 g/mol. The summed E-state index contributed by atoms with van der Waals surface area (Å²) in [5.41, 5.74) is 2.13. The van der Waals surface area contributed by atoms with Crippen LogP contribution in [-0.4, -0.2) is 20.8 Å². The SMILES string of the molecule is CNc1sc2c(c1C#N)CCC(COC)C2. The van der Waals surface area contributed by atoms with Gasteiger partial charge in [-0.25, -0.2) is 0 Å². The van der Waals surface area contributed by atoms with Crippen LogP contribution in [0.1, 0.15) is 22.4 Å². The summed E-state index contributed by atoms with van der Waals surface area (Å²) in [5, 5.41) is 13.3. The van der Waals surface area contributed by atoms with Crippen LogP contribution in [0.5, 0.6) is 0 Å². The number of nitrogens with zero attached hydrogens (tertiary/aromatic N) is 1. The average Bonchev–Trinajstić information content (AvgIpc) is 2.66. The summed E-state index contributed by atoms with van der Waals surface area (Å²) in [5.74, 6) is 0.618. The van der Waals surface area contributed by atoms with Crippen molar-refractivity contribution in [3.63, 3.8) is 0 Å². The number of methoxy groups -OCH3 is 1. The van der Waals surface area contributed by atoms with Gasteiger partial charge in [-0.2, -0.15) is 5.26 Å². The van der Waals surface area contributed by atoms with E-state index in [-0.39, 0.29) is 0 Å². The molecule has 1 atom stereocenters. The summed E-state index contributed by atoms with van der Waals surface area (Å²) in [6, 6.07) is 2.32. The Hall–Kier alpha value is -1.05. The lowest BCUT2D eigenvalue weighted by Crippen LogP contribution is -2.17. The van der Waals surface area contributed by atoms with Crippen LogP contribution in [0.3, 0.4) is 0 Å². The Balaban J connectivity index is 2.27. The van der Waals surface area contributed by atoms with E-state index in [1.54, 1.807) is 18.4 Å². The molecule has 1 aliphatic rings. The van der Waals surface area contributed by atoms with Crippen molar-refractivity contribution in [2.45, 2.75) is 19.3 Å². The lowest BCUT2D eigenvalue weighted by atomic mass is 9.88. The molecule has 2 rings (SSSR count). The molecule has 0 aliphatic heterocycles. The van der Waals surface area contributed by atoms with Gasteiger partial charge >= 0.3 is 0 Å². The third kappa shape index (κ3) is 1.93. The first-order chi connectivity index (χ1) is 7.80. The van der Waals surface area contributed by atoms with Crippen LogP contribution in [0.4, 0.5) is 5.00 Å². The van der Waals surface area contributed by atoms with E-state index in [1.807, 2.05) is 7.05 Å². The van der Waals surface area contributed by atoms with Crippen molar-refractivity contribution < 1.29 is 4.74 Å². The minimum absolute atomic E-state index is 0.618. The van der Waals surface area contributed by atoms with Crippen molar-refractivity contribution in [1.82, 2.24) is 0 Å². The van der Waals surface area contributed by atoms with Crippen LogP contribution >= 0.6 is 11.3 Å². The maximum absolute atomic E-state index is 9.16. The second-order valence-corrected chi connectivity index (χ2v) is 5.24. The summed E-state index contributed by atoms with van der Waals surface area (Å²) in [7, 11) is 3.63. The zero-order valence-electron chi connectivity index (χ0n) is 9.67. The smallest absolute Gasteiger partial charge is 0.107 e. The minimum atomic E-state index is 0.618. The quantitative estimate of drug-likeness (QED) is 0.876. The molecule has 86 valence electrons. The van der Waals surface area contributed by atoms with Gasteiger partial charge in [0.2, 0.25) is 0 Å². The van der Waals surface area contributed by atoms with Crippen molar-refractivity contribution >= 4 is 16.3 Å². The molecule has 1 heterocycles. The molecule has 1 aromatic heterocycles. The Morgan fingerprint density at radius 1 is 1.62 bits per heavy atom. The van der Waals surface area contributed by atoms with Crippen LogP contribution in [0.15, 0.2) is 0 Å². The highest BCUT2D eigenvalue weighted by Crippen LogP contribution is 2.38. The molecule has 1 N–H and O–H groups in total. The highest BCUT2D eigenvalue weighted by molar-refractivity contribution is 7.16. The standard InChI is InChI=1S/C12H16N2OS/c1-14-12-10(6-13)9-4-3-8(7-15-2)5-11(9)16-12/h8,14H,3-5,7H2,1-2H3. The number of thiophene rings is 1. The first-order valence-electron chi connectivity index (χ1n) is 5.51. The van der Waals surface area contributed by atoms with Gasteiger partial charge < -0.3 is 10.1 Å². The average molecular weight is 236 g/mol. The zero-order chi connectivity index (χ0) is 11.5. The number of nitriles is 1. The van der Waals surface area contributed by atoms with Crippen LogP contribution in [0.2, 0.25) is 0 Å². The normalized spacial score (nSPS) is 18.9. The maximum Gasteiger partial charge on any atom is 0.107 e. The first kappa shape index (κ1) is 11.4. The van der Waals surface area contributed by atoms with Gasteiger partial charge in [-0.05, 0) is 30.7 Å². The van der Waals surface area contributed by atoms with Gasteiger partial charge in [0.25, 0.3) is 0 Å². The fourth-order valence-electron chi connectivity index (χ4n) is 2.33. The van der Waals surface area contributed by atoms with Crippen LogP contribution in [-0.2, 0) is 17.6 Å². The molecule has 0 saturated heterocycles. The number of fused-ring (bicyclic) bond motifs is 1. The fourth-order valence-corrected chi connectivity index (χ4v) is 3.59. The minimum Gasteiger partial charge on any atom is -0.384 e. The van der Waals surface area contributed by atoms with E-state index in [9.17, 15) is 0 Å². The Kier molecular flexibility index (Phi) is 3.47. The van der Waals surface area contributed by atoms with E-state index >= 15 is 0 Å². The molecule has 4 heteroatoms. The van der Waals surface area contributed by atoms with Gasteiger partial charge in [-0.3, -0.25) is 0 Å². The number of ether oxygens (including phenoxy) is 1. The number of rotatable bonds is 3. The number of nitrogens with one attached hydrogen (secondary N) is 1. The summed E-state index contributed by atoms with van der Waals surface area (Å²) in [6.07, 6.45) is 3.21. The molecule has 1 unspecified atom stereocenters. The Morgan fingerprint density at radius 2 is 2.44 bits per heavy atom. The highest BCUT2D eigenvalue weighted by atomic mass is 32.1. The Bertz CT molecular complexity index is 419. The number of hydrogen-bond acceptors (Lipinski definition) is 4. The predicted molar refractivity (Wildman–Crippen MR) is 66.0 cm³/mol. The molecule has 0 bridgehead atoms. The number of anilines is 1. The van der Waals surface area contributed by atoms with E-state index in [0.29, 0.717) is 5.92 Å². The molecular formula is C12H16N2OS. The van der Waals surface area contributed by atoms with Crippen molar-refractivity contribution in [3.8, 4) is 6.07 Å². The van der Waals surface area contributed by atoms with E-state index in [1.165, 1.54) is 10.4 Å². The third-order valence-corrected chi connectivity index (χ3v) is 4.38. The molecule has 0 radical (unpaired) electrons. The second-order valence-electron chi connectivity index (χ2n) is 4.13. The van der Waals surface area contributed by atoms with Gasteiger partial charge in [0.1, 0.15) is 11.1 Å². The Morgan fingerprint density at radius 3 is 3.06 bits per heavy atom. The molecule has 0 fully saturated rings. The largest absolute Gasteiger partial charge is 0.384 e. The summed E-state index contributed by atoms with van der Waals surface area (Å²) >= 11 is 1.73. The van der Waals surface area contributed by atoms with Crippen LogP contribution < -0.4 is 5.32 Å². The van der Waals surface area contributed by atoms with Crippen molar-refractivity contribution in [1.29, 1.82) is 5.26 Å². The lowest BCUT2D eigenvalue weighted by molar-refractivity contribution is 0.145. The predicted octanol–water partition coefficient (Wildman–Crippen LogP) is 2.41. The van der Waals surface area contributed by atoms with E-state index in [4.69, 9.17) is 10.00 Å². The molecule has 1 aliphatic carbocycles. The van der Waals surface area contributed by atoms with E-state index in [2.05, 4.69) is 11.4 Å². The topological polar surface area (TPSA) is 45.0 Å². The van der Waals surface area contributed by atoms with Crippen molar-refractivity contribution in [2.24, 2.45) is 5.92 Å². The molecule has 0 amide bonds. The Labute approximate surface area is 100 Å². The fraction of sp³-hybridized carbons (Fsp3) is 0.583. The number of hydrogen-bond donors (Lipinski definition) is 1. The molecule has 1 aromatic rings. The molecule has 3 nitrogen and oxygen atoms in total. The van der Waals surface area contributed by atoms with Gasteiger partial charge in [-0.1, -0.05) is 0 Å². The summed E-state index contributed by atoms with van der Waals surface area (Å²) < 4.78 is 5.21. The summed E-state index contributed by atoms with van der Waals surface area (Å²) in [6.45, 7) is 0.827. The van der Waals surface area contributed by atoms with E-state index < -0.39 is 0 Å². The molecule has 0 aromatic carbocycles. The third-order valence-electron chi connectivity index (χ3n) is 3.11. The maximum atomic E-state index is 9.16. The molecule has 0 saturated carbocycles. The van der Waals surface area contributed by atoms with Gasteiger partial charge in [-0.15, -0.1) is 11.3 Å². The monoisotopic (exact) mass is 236 g/mol.